The number of oxazole rings is 1. The molecular formula is C23H25Cl2N5O2. The Labute approximate surface area is 196 Å². The van der Waals surface area contributed by atoms with Gasteiger partial charge in [-0.05, 0) is 55.9 Å². The van der Waals surface area contributed by atoms with Crippen molar-refractivity contribution in [3.8, 4) is 0 Å². The summed E-state index contributed by atoms with van der Waals surface area (Å²) in [6.45, 7) is 4.31. The third kappa shape index (κ3) is 3.77. The first kappa shape index (κ1) is 21.3. The highest BCUT2D eigenvalue weighted by atomic mass is 35.5. The summed E-state index contributed by atoms with van der Waals surface area (Å²) in [5, 5.41) is 1.28. The lowest BCUT2D eigenvalue weighted by Gasteiger charge is -2.38. The standard InChI is InChI=1S/C23H25Cl2N5O2/c1-13-20-15(9-16(24)10-17(20)25)5-8-30(13)22(31)14-3-2-6-29(7-4-14)19-12-27-11-18-21(19)32-23(26)28-18/h9-14H,2-8H2,1H3,(H2,26,28)/t13-,14?/m0/s1. The Balaban J connectivity index is 1.33. The Hall–Kier alpha value is -2.51. The van der Waals surface area contributed by atoms with Crippen molar-refractivity contribution in [1.29, 1.82) is 0 Å². The molecule has 168 valence electrons. The van der Waals surface area contributed by atoms with Gasteiger partial charge in [0.1, 0.15) is 11.2 Å². The van der Waals surface area contributed by atoms with Crippen molar-refractivity contribution in [2.45, 2.75) is 38.6 Å². The molecule has 2 N–H and O–H groups in total. The molecule has 1 saturated heterocycles. The van der Waals surface area contributed by atoms with Gasteiger partial charge in [0.15, 0.2) is 5.58 Å². The number of fused-ring (bicyclic) bond motifs is 2. The van der Waals surface area contributed by atoms with Crippen LogP contribution in [0.2, 0.25) is 10.0 Å². The summed E-state index contributed by atoms with van der Waals surface area (Å²) in [5.41, 5.74) is 10.1. The van der Waals surface area contributed by atoms with Crippen LogP contribution in [0.5, 0.6) is 0 Å². The van der Waals surface area contributed by atoms with E-state index in [0.717, 1.165) is 55.6 Å². The van der Waals surface area contributed by atoms with Crippen LogP contribution in [0, 0.1) is 5.92 Å². The Morgan fingerprint density at radius 3 is 2.88 bits per heavy atom. The van der Waals surface area contributed by atoms with E-state index in [2.05, 4.69) is 21.8 Å². The number of nitrogens with zero attached hydrogens (tertiary/aromatic N) is 4. The van der Waals surface area contributed by atoms with Crippen LogP contribution >= 0.6 is 23.2 Å². The zero-order valence-electron chi connectivity index (χ0n) is 17.9. The summed E-state index contributed by atoms with van der Waals surface area (Å²) in [7, 11) is 0. The maximum Gasteiger partial charge on any atom is 0.293 e. The maximum atomic E-state index is 13.5. The van der Waals surface area contributed by atoms with Gasteiger partial charge in [0.2, 0.25) is 5.91 Å². The Bertz CT molecular complexity index is 1180. The van der Waals surface area contributed by atoms with Gasteiger partial charge in [-0.3, -0.25) is 9.78 Å². The van der Waals surface area contributed by atoms with Crippen LogP contribution < -0.4 is 10.6 Å². The number of nitrogens with two attached hydrogens (primary N) is 1. The number of rotatable bonds is 2. The average Bonchev–Trinajstić information content (AvgIpc) is 2.97. The van der Waals surface area contributed by atoms with E-state index in [0.29, 0.717) is 27.7 Å². The monoisotopic (exact) mass is 473 g/mol. The predicted molar refractivity (Wildman–Crippen MR) is 126 cm³/mol. The van der Waals surface area contributed by atoms with E-state index in [9.17, 15) is 4.79 Å². The molecule has 2 atom stereocenters. The topological polar surface area (TPSA) is 88.5 Å². The number of benzene rings is 1. The number of hydrogen-bond acceptors (Lipinski definition) is 6. The van der Waals surface area contributed by atoms with Gasteiger partial charge >= 0.3 is 0 Å². The maximum absolute atomic E-state index is 13.5. The van der Waals surface area contributed by atoms with Gasteiger partial charge in [0, 0.05) is 35.6 Å². The average molecular weight is 474 g/mol. The molecule has 0 spiro atoms. The van der Waals surface area contributed by atoms with Crippen molar-refractivity contribution in [3.05, 3.63) is 45.7 Å². The van der Waals surface area contributed by atoms with E-state index in [1.165, 1.54) is 0 Å². The molecular weight excluding hydrogens is 449 g/mol. The largest absolute Gasteiger partial charge is 0.421 e. The summed E-state index contributed by atoms with van der Waals surface area (Å²) in [4.78, 5) is 26.2. The summed E-state index contributed by atoms with van der Waals surface area (Å²) < 4.78 is 5.62. The smallest absolute Gasteiger partial charge is 0.293 e. The lowest BCUT2D eigenvalue weighted by molar-refractivity contribution is -0.138. The molecule has 2 aliphatic rings. The molecule has 0 saturated carbocycles. The van der Waals surface area contributed by atoms with Gasteiger partial charge in [-0.15, -0.1) is 0 Å². The fraction of sp³-hybridized carbons (Fsp3) is 0.435. The van der Waals surface area contributed by atoms with Gasteiger partial charge in [0.25, 0.3) is 6.01 Å². The molecule has 1 aromatic carbocycles. The molecule has 4 heterocycles. The van der Waals surface area contributed by atoms with E-state index >= 15 is 0 Å². The molecule has 0 bridgehead atoms. The molecule has 32 heavy (non-hydrogen) atoms. The number of halogens is 2. The van der Waals surface area contributed by atoms with E-state index in [-0.39, 0.29) is 23.9 Å². The van der Waals surface area contributed by atoms with E-state index in [1.54, 1.807) is 18.5 Å². The molecule has 1 unspecified atom stereocenters. The summed E-state index contributed by atoms with van der Waals surface area (Å²) in [5.74, 6) is 0.179. The van der Waals surface area contributed by atoms with Crippen LogP contribution in [0.1, 0.15) is 43.4 Å². The van der Waals surface area contributed by atoms with Crippen molar-refractivity contribution < 1.29 is 9.21 Å². The number of anilines is 2. The molecule has 7 nitrogen and oxygen atoms in total. The van der Waals surface area contributed by atoms with Crippen LogP contribution in [-0.2, 0) is 11.2 Å². The third-order valence-corrected chi connectivity index (χ3v) is 7.22. The third-order valence-electron chi connectivity index (χ3n) is 6.68. The second kappa shape index (κ2) is 8.45. The molecule has 5 rings (SSSR count). The van der Waals surface area contributed by atoms with Crippen LogP contribution in [0.3, 0.4) is 0 Å². The first-order valence-corrected chi connectivity index (χ1v) is 11.7. The molecule has 3 aromatic rings. The van der Waals surface area contributed by atoms with Crippen LogP contribution in [0.4, 0.5) is 11.7 Å². The lowest BCUT2D eigenvalue weighted by atomic mass is 9.90. The van der Waals surface area contributed by atoms with Crippen molar-refractivity contribution in [2.75, 3.05) is 30.3 Å². The minimum absolute atomic E-state index is 0.0259. The zero-order chi connectivity index (χ0) is 22.4. The molecule has 9 heteroatoms. The first-order chi connectivity index (χ1) is 15.4. The highest BCUT2D eigenvalue weighted by Crippen LogP contribution is 2.38. The molecule has 0 radical (unpaired) electrons. The van der Waals surface area contributed by atoms with E-state index in [1.807, 2.05) is 11.0 Å². The summed E-state index contributed by atoms with van der Waals surface area (Å²) in [6.07, 6.45) is 6.73. The fourth-order valence-electron chi connectivity index (χ4n) is 5.11. The van der Waals surface area contributed by atoms with Crippen LogP contribution in [0.25, 0.3) is 11.1 Å². The first-order valence-electron chi connectivity index (χ1n) is 11.0. The molecule has 1 fully saturated rings. The van der Waals surface area contributed by atoms with Gasteiger partial charge in [-0.25, -0.2) is 0 Å². The number of carbonyl (C=O) groups excluding carboxylic acids is 1. The van der Waals surface area contributed by atoms with E-state index < -0.39 is 0 Å². The number of carbonyl (C=O) groups is 1. The second-order valence-corrected chi connectivity index (χ2v) is 9.44. The molecule has 2 aliphatic heterocycles. The number of pyridine rings is 1. The highest BCUT2D eigenvalue weighted by Gasteiger charge is 2.34. The number of amides is 1. The van der Waals surface area contributed by atoms with Crippen molar-refractivity contribution in [1.82, 2.24) is 14.9 Å². The van der Waals surface area contributed by atoms with Crippen LogP contribution in [-0.4, -0.2) is 40.4 Å². The minimum Gasteiger partial charge on any atom is -0.421 e. The minimum atomic E-state index is -0.0644. The number of nitrogen functional groups attached to an aromatic ring is 1. The quantitative estimate of drug-likeness (QED) is 0.571. The Morgan fingerprint density at radius 2 is 2.03 bits per heavy atom. The zero-order valence-corrected chi connectivity index (χ0v) is 19.4. The number of hydrogen-bond donors (Lipinski definition) is 1. The van der Waals surface area contributed by atoms with Crippen molar-refractivity contribution >= 4 is 51.9 Å². The summed E-state index contributed by atoms with van der Waals surface area (Å²) >= 11 is 12.7. The Kier molecular flexibility index (Phi) is 5.63. The Morgan fingerprint density at radius 1 is 1.19 bits per heavy atom. The molecule has 1 amide bonds. The number of aromatic nitrogens is 2. The SMILES string of the molecule is C[C@H]1c2c(Cl)cc(Cl)cc2CCN1C(=O)C1CCCN(c2cncc3nc(N)oc23)CC1. The summed E-state index contributed by atoms with van der Waals surface area (Å²) in [6, 6.07) is 3.80. The van der Waals surface area contributed by atoms with Crippen molar-refractivity contribution in [2.24, 2.45) is 5.92 Å². The predicted octanol–water partition coefficient (Wildman–Crippen LogP) is 4.86. The highest BCUT2D eigenvalue weighted by molar-refractivity contribution is 6.35. The normalized spacial score (nSPS) is 21.5. The lowest BCUT2D eigenvalue weighted by Crippen LogP contribution is -2.42. The van der Waals surface area contributed by atoms with Crippen molar-refractivity contribution in [3.63, 3.8) is 0 Å². The van der Waals surface area contributed by atoms with Gasteiger partial charge in [-0.2, -0.15) is 4.98 Å². The van der Waals surface area contributed by atoms with Gasteiger partial charge in [0.05, 0.1) is 18.4 Å². The molecule has 0 aliphatic carbocycles. The van der Waals surface area contributed by atoms with Crippen LogP contribution in [0.15, 0.2) is 28.9 Å². The van der Waals surface area contributed by atoms with Gasteiger partial charge < -0.3 is 20.0 Å². The van der Waals surface area contributed by atoms with E-state index in [4.69, 9.17) is 33.4 Å². The molecule has 2 aromatic heterocycles. The second-order valence-electron chi connectivity index (χ2n) is 8.59. The van der Waals surface area contributed by atoms with Gasteiger partial charge in [-0.1, -0.05) is 23.2 Å². The fourth-order valence-corrected chi connectivity index (χ4v) is 5.80.